The van der Waals surface area contributed by atoms with Gasteiger partial charge in [-0.15, -0.1) is 0 Å². The first-order chi connectivity index (χ1) is 11.2. The summed E-state index contributed by atoms with van der Waals surface area (Å²) in [5.74, 6) is 0.756. The molecule has 1 amide bonds. The number of aromatic nitrogens is 1. The van der Waals surface area contributed by atoms with Crippen molar-refractivity contribution >= 4 is 22.5 Å². The van der Waals surface area contributed by atoms with E-state index < -0.39 is 0 Å². The van der Waals surface area contributed by atoms with Crippen molar-refractivity contribution in [1.29, 1.82) is 0 Å². The summed E-state index contributed by atoms with van der Waals surface area (Å²) in [7, 11) is 1.64. The molecule has 0 aliphatic carbocycles. The monoisotopic (exact) mass is 308 g/mol. The molecule has 4 heteroatoms. The predicted molar refractivity (Wildman–Crippen MR) is 93.0 cm³/mol. The Labute approximate surface area is 135 Å². The highest BCUT2D eigenvalue weighted by molar-refractivity contribution is 5.96. The van der Waals surface area contributed by atoms with E-state index in [4.69, 9.17) is 4.74 Å². The summed E-state index contributed by atoms with van der Waals surface area (Å²) in [4.78, 5) is 15.5. The minimum absolute atomic E-state index is 0.0297. The van der Waals surface area contributed by atoms with Crippen molar-refractivity contribution < 1.29 is 9.53 Å². The second kappa shape index (κ2) is 6.57. The van der Waals surface area contributed by atoms with Gasteiger partial charge in [-0.1, -0.05) is 19.1 Å². The van der Waals surface area contributed by atoms with Crippen LogP contribution in [0.2, 0.25) is 0 Å². The maximum Gasteiger partial charge on any atom is 0.228 e. The fourth-order valence-electron chi connectivity index (χ4n) is 2.63. The number of aromatic amines is 1. The summed E-state index contributed by atoms with van der Waals surface area (Å²) in [6.45, 7) is 2.11. The topological polar surface area (TPSA) is 54.1 Å². The van der Waals surface area contributed by atoms with Gasteiger partial charge in [-0.25, -0.2) is 0 Å². The molecule has 0 aliphatic heterocycles. The molecule has 0 atom stereocenters. The molecule has 118 valence electrons. The second-order valence-corrected chi connectivity index (χ2v) is 5.50. The standard InChI is InChI=1S/C19H20N2O2/c1-3-13-4-6-15(7-5-13)21-19(22)10-14-12-20-18-9-8-16(23-2)11-17(14)18/h4-9,11-12,20H,3,10H2,1-2H3,(H,21,22). The lowest BCUT2D eigenvalue weighted by atomic mass is 10.1. The third-order valence-corrected chi connectivity index (χ3v) is 3.97. The average molecular weight is 308 g/mol. The molecule has 0 saturated heterocycles. The normalized spacial score (nSPS) is 10.7. The Hall–Kier alpha value is -2.75. The number of H-pyrrole nitrogens is 1. The number of nitrogens with one attached hydrogen (secondary N) is 2. The van der Waals surface area contributed by atoms with Crippen LogP contribution in [0.5, 0.6) is 5.75 Å². The van der Waals surface area contributed by atoms with Gasteiger partial charge in [0, 0.05) is 22.8 Å². The van der Waals surface area contributed by atoms with Gasteiger partial charge in [0.1, 0.15) is 5.75 Å². The molecule has 0 aliphatic rings. The van der Waals surface area contributed by atoms with Crippen molar-refractivity contribution in [3.63, 3.8) is 0 Å². The average Bonchev–Trinajstić information content (AvgIpc) is 2.97. The zero-order chi connectivity index (χ0) is 16.2. The molecule has 1 aromatic heterocycles. The van der Waals surface area contributed by atoms with Crippen LogP contribution in [-0.4, -0.2) is 18.0 Å². The van der Waals surface area contributed by atoms with Gasteiger partial charge in [-0.05, 0) is 47.9 Å². The number of benzene rings is 2. The number of fused-ring (bicyclic) bond motifs is 1. The quantitative estimate of drug-likeness (QED) is 0.750. The van der Waals surface area contributed by atoms with Crippen LogP contribution in [-0.2, 0) is 17.6 Å². The largest absolute Gasteiger partial charge is 0.497 e. The highest BCUT2D eigenvalue weighted by atomic mass is 16.5. The summed E-state index contributed by atoms with van der Waals surface area (Å²) in [5.41, 5.74) is 4.04. The minimum atomic E-state index is -0.0297. The summed E-state index contributed by atoms with van der Waals surface area (Å²) in [5, 5.41) is 3.96. The van der Waals surface area contributed by atoms with Crippen LogP contribution in [0.15, 0.2) is 48.7 Å². The zero-order valence-electron chi connectivity index (χ0n) is 13.3. The van der Waals surface area contributed by atoms with Crippen LogP contribution in [0, 0.1) is 0 Å². The predicted octanol–water partition coefficient (Wildman–Crippen LogP) is 3.92. The molecule has 3 aromatic rings. The lowest BCUT2D eigenvalue weighted by molar-refractivity contribution is -0.115. The van der Waals surface area contributed by atoms with Gasteiger partial charge in [0.25, 0.3) is 0 Å². The van der Waals surface area contributed by atoms with E-state index in [0.717, 1.165) is 34.3 Å². The molecule has 0 radical (unpaired) electrons. The van der Waals surface area contributed by atoms with E-state index in [-0.39, 0.29) is 5.91 Å². The Morgan fingerprint density at radius 1 is 1.17 bits per heavy atom. The van der Waals surface area contributed by atoms with Gasteiger partial charge in [-0.3, -0.25) is 4.79 Å². The molecule has 2 aromatic carbocycles. The first-order valence-electron chi connectivity index (χ1n) is 7.72. The summed E-state index contributed by atoms with van der Waals surface area (Å²) < 4.78 is 5.25. The first-order valence-corrected chi connectivity index (χ1v) is 7.72. The Kier molecular flexibility index (Phi) is 4.33. The Morgan fingerprint density at radius 3 is 2.65 bits per heavy atom. The highest BCUT2D eigenvalue weighted by Crippen LogP contribution is 2.24. The van der Waals surface area contributed by atoms with Crippen LogP contribution in [0.3, 0.4) is 0 Å². The number of hydrogen-bond acceptors (Lipinski definition) is 2. The van der Waals surface area contributed by atoms with Gasteiger partial charge < -0.3 is 15.0 Å². The molecule has 1 heterocycles. The molecule has 0 unspecified atom stereocenters. The third-order valence-electron chi connectivity index (χ3n) is 3.97. The van der Waals surface area contributed by atoms with Crippen molar-refractivity contribution in [3.8, 4) is 5.75 Å². The van der Waals surface area contributed by atoms with E-state index in [1.54, 1.807) is 7.11 Å². The Bertz CT molecular complexity index is 819. The zero-order valence-corrected chi connectivity index (χ0v) is 13.3. The summed E-state index contributed by atoms with van der Waals surface area (Å²) >= 11 is 0. The number of carbonyl (C=O) groups excluding carboxylic acids is 1. The molecule has 0 bridgehead atoms. The van der Waals surface area contributed by atoms with E-state index >= 15 is 0 Å². The van der Waals surface area contributed by atoms with Gasteiger partial charge in [0.15, 0.2) is 0 Å². The maximum atomic E-state index is 12.3. The fourth-order valence-corrected chi connectivity index (χ4v) is 2.63. The van der Waals surface area contributed by atoms with E-state index in [2.05, 4.69) is 17.2 Å². The number of anilines is 1. The van der Waals surface area contributed by atoms with Crippen LogP contribution in [0.4, 0.5) is 5.69 Å². The van der Waals surface area contributed by atoms with Crippen molar-refractivity contribution in [2.45, 2.75) is 19.8 Å². The van der Waals surface area contributed by atoms with Crippen LogP contribution >= 0.6 is 0 Å². The van der Waals surface area contributed by atoms with Crippen molar-refractivity contribution in [2.24, 2.45) is 0 Å². The summed E-state index contributed by atoms with van der Waals surface area (Å²) in [6, 6.07) is 13.8. The molecule has 0 fully saturated rings. The van der Waals surface area contributed by atoms with E-state index in [0.29, 0.717) is 6.42 Å². The Morgan fingerprint density at radius 2 is 1.96 bits per heavy atom. The number of methoxy groups -OCH3 is 1. The number of amides is 1. The molecule has 3 rings (SSSR count). The van der Waals surface area contributed by atoms with Gasteiger partial charge in [0.05, 0.1) is 13.5 Å². The Balaban J connectivity index is 1.74. The molecule has 23 heavy (non-hydrogen) atoms. The molecule has 0 spiro atoms. The van der Waals surface area contributed by atoms with E-state index in [1.807, 2.05) is 48.7 Å². The van der Waals surface area contributed by atoms with Crippen molar-refractivity contribution in [3.05, 3.63) is 59.8 Å². The number of rotatable bonds is 5. The number of aryl methyl sites for hydroxylation is 1. The van der Waals surface area contributed by atoms with Crippen LogP contribution in [0.1, 0.15) is 18.1 Å². The smallest absolute Gasteiger partial charge is 0.228 e. The lowest BCUT2D eigenvalue weighted by Crippen LogP contribution is -2.14. The van der Waals surface area contributed by atoms with E-state index in [9.17, 15) is 4.79 Å². The fraction of sp³-hybridized carbons (Fsp3) is 0.211. The van der Waals surface area contributed by atoms with Gasteiger partial charge >= 0.3 is 0 Å². The van der Waals surface area contributed by atoms with Crippen molar-refractivity contribution in [2.75, 3.05) is 12.4 Å². The van der Waals surface area contributed by atoms with Gasteiger partial charge in [0.2, 0.25) is 5.91 Å². The second-order valence-electron chi connectivity index (χ2n) is 5.50. The SMILES string of the molecule is CCc1ccc(NC(=O)Cc2c[nH]c3ccc(OC)cc23)cc1. The molecular weight excluding hydrogens is 288 g/mol. The summed E-state index contributed by atoms with van der Waals surface area (Å²) in [6.07, 6.45) is 3.19. The molecule has 2 N–H and O–H groups in total. The number of hydrogen-bond donors (Lipinski definition) is 2. The van der Waals surface area contributed by atoms with Gasteiger partial charge in [-0.2, -0.15) is 0 Å². The molecule has 0 saturated carbocycles. The number of ether oxygens (including phenoxy) is 1. The first kappa shape index (κ1) is 15.2. The number of carbonyl (C=O) groups is 1. The third kappa shape index (κ3) is 3.37. The molecule has 4 nitrogen and oxygen atoms in total. The van der Waals surface area contributed by atoms with Crippen LogP contribution in [0.25, 0.3) is 10.9 Å². The van der Waals surface area contributed by atoms with E-state index in [1.165, 1.54) is 5.56 Å². The molecular formula is C19H20N2O2. The minimum Gasteiger partial charge on any atom is -0.497 e. The van der Waals surface area contributed by atoms with Crippen LogP contribution < -0.4 is 10.1 Å². The van der Waals surface area contributed by atoms with Crippen molar-refractivity contribution in [1.82, 2.24) is 4.98 Å². The highest BCUT2D eigenvalue weighted by Gasteiger charge is 2.10. The lowest BCUT2D eigenvalue weighted by Gasteiger charge is -2.06. The maximum absolute atomic E-state index is 12.3.